The van der Waals surface area contributed by atoms with Crippen LogP contribution in [0.4, 0.5) is 8.78 Å². The van der Waals surface area contributed by atoms with Gasteiger partial charge in [0.25, 0.3) is 11.8 Å². The van der Waals surface area contributed by atoms with E-state index >= 15 is 0 Å². The number of hydrogen-bond acceptors (Lipinski definition) is 6. The van der Waals surface area contributed by atoms with Gasteiger partial charge in [0.15, 0.2) is 12.3 Å². The van der Waals surface area contributed by atoms with Gasteiger partial charge in [0, 0.05) is 24.4 Å². The number of nitrogens with zero attached hydrogens (tertiary/aromatic N) is 2. The first kappa shape index (κ1) is 27.7. The third kappa shape index (κ3) is 5.19. The van der Waals surface area contributed by atoms with Gasteiger partial charge >= 0.3 is 0 Å². The molecule has 3 unspecified atom stereocenters. The monoisotopic (exact) mass is 573 g/mol. The fourth-order valence-corrected chi connectivity index (χ4v) is 5.81. The van der Waals surface area contributed by atoms with Crippen molar-refractivity contribution in [2.45, 2.75) is 50.6 Å². The van der Waals surface area contributed by atoms with Crippen molar-refractivity contribution in [2.24, 2.45) is 0 Å². The fraction of sp³-hybridized carbons (Fsp3) is 0.281. The maximum Gasteiger partial charge on any atom is 0.256 e. The van der Waals surface area contributed by atoms with E-state index in [9.17, 15) is 23.2 Å². The van der Waals surface area contributed by atoms with Crippen LogP contribution in [-0.4, -0.2) is 58.4 Å². The molecule has 0 radical (unpaired) electrons. The van der Waals surface area contributed by atoms with E-state index in [1.165, 1.54) is 12.3 Å². The molecule has 5 atom stereocenters. The highest BCUT2D eigenvalue weighted by Crippen LogP contribution is 2.40. The van der Waals surface area contributed by atoms with Gasteiger partial charge in [-0.1, -0.05) is 66.7 Å². The Balaban J connectivity index is 1.28. The molecule has 3 aliphatic heterocycles. The normalized spacial score (nSPS) is 25.1. The number of nitrogens with one attached hydrogen (secondary N) is 1. The second kappa shape index (κ2) is 11.5. The lowest BCUT2D eigenvalue weighted by molar-refractivity contribution is -0.166. The van der Waals surface area contributed by atoms with Crippen LogP contribution in [0.15, 0.2) is 90.6 Å². The van der Waals surface area contributed by atoms with Crippen molar-refractivity contribution in [1.82, 2.24) is 15.1 Å². The van der Waals surface area contributed by atoms with Gasteiger partial charge in [-0.2, -0.15) is 0 Å². The van der Waals surface area contributed by atoms with Gasteiger partial charge in [0.05, 0.1) is 19.2 Å². The van der Waals surface area contributed by atoms with Crippen LogP contribution in [0.25, 0.3) is 0 Å². The zero-order valence-corrected chi connectivity index (χ0v) is 22.8. The van der Waals surface area contributed by atoms with Gasteiger partial charge in [-0.15, -0.1) is 0 Å². The zero-order valence-electron chi connectivity index (χ0n) is 22.8. The van der Waals surface area contributed by atoms with Crippen molar-refractivity contribution >= 4 is 17.6 Å². The highest BCUT2D eigenvalue weighted by Gasteiger charge is 2.55. The van der Waals surface area contributed by atoms with Crippen LogP contribution in [0, 0.1) is 11.6 Å². The summed E-state index contributed by atoms with van der Waals surface area (Å²) in [5, 5.41) is 2.54. The highest BCUT2D eigenvalue weighted by molar-refractivity contribution is 6.22. The number of Topliss-reactive ketones (excluding diaryl/α,β-unsaturated/α-hetero) is 1. The number of fused-ring (bicyclic) bond motifs is 2. The quantitative estimate of drug-likeness (QED) is 0.435. The lowest BCUT2D eigenvalue weighted by Crippen LogP contribution is -2.67. The Hall–Kier alpha value is -4.41. The molecule has 0 aromatic heterocycles. The minimum atomic E-state index is -1.27. The van der Waals surface area contributed by atoms with Crippen molar-refractivity contribution in [2.75, 3.05) is 6.54 Å². The number of halogens is 2. The molecule has 10 heteroatoms. The van der Waals surface area contributed by atoms with Gasteiger partial charge in [-0.25, -0.2) is 8.78 Å². The molecule has 216 valence electrons. The average molecular weight is 574 g/mol. The molecule has 3 aromatic rings. The van der Waals surface area contributed by atoms with Gasteiger partial charge in [0.2, 0.25) is 5.78 Å². The topological polar surface area (TPSA) is 88.2 Å². The molecule has 2 amide bonds. The number of benzene rings is 3. The number of ether oxygens (including phenoxy) is 2. The molecule has 42 heavy (non-hydrogen) atoms. The third-order valence-electron chi connectivity index (χ3n) is 7.93. The van der Waals surface area contributed by atoms with E-state index in [-0.39, 0.29) is 48.9 Å². The van der Waals surface area contributed by atoms with Gasteiger partial charge in [0.1, 0.15) is 29.4 Å². The number of carbonyl (C=O) groups excluding carboxylic acids is 3. The number of ketones is 1. The number of piperazine rings is 1. The van der Waals surface area contributed by atoms with Crippen molar-refractivity contribution in [3.05, 3.63) is 119 Å². The molecule has 3 aliphatic rings. The van der Waals surface area contributed by atoms with Crippen LogP contribution in [0.2, 0.25) is 0 Å². The molecule has 0 aliphatic carbocycles. The Labute approximate surface area is 241 Å². The molecule has 0 saturated carbocycles. The molecule has 2 fully saturated rings. The lowest BCUT2D eigenvalue weighted by Gasteiger charge is -2.46. The predicted octanol–water partition coefficient (Wildman–Crippen LogP) is 3.63. The summed E-state index contributed by atoms with van der Waals surface area (Å²) < 4.78 is 39.9. The maximum atomic E-state index is 14.2. The molecular formula is C32H29F2N3O5. The van der Waals surface area contributed by atoms with Gasteiger partial charge < -0.3 is 24.6 Å². The molecule has 2 saturated heterocycles. The molecule has 6 rings (SSSR count). The van der Waals surface area contributed by atoms with Crippen LogP contribution in [0.5, 0.6) is 0 Å². The molecule has 0 bridgehead atoms. The summed E-state index contributed by atoms with van der Waals surface area (Å²) in [7, 11) is 0. The first-order chi connectivity index (χ1) is 20.3. The second-order valence-electron chi connectivity index (χ2n) is 10.6. The minimum Gasteiger partial charge on any atom is -0.363 e. The highest BCUT2D eigenvalue weighted by atomic mass is 19.1. The zero-order chi connectivity index (χ0) is 29.4. The van der Waals surface area contributed by atoms with Crippen molar-refractivity contribution in [3.63, 3.8) is 0 Å². The number of rotatable bonds is 7. The molecule has 8 nitrogen and oxygen atoms in total. The van der Waals surface area contributed by atoms with Gasteiger partial charge in [-0.05, 0) is 24.1 Å². The van der Waals surface area contributed by atoms with Crippen molar-refractivity contribution in [3.8, 4) is 0 Å². The number of carbonyl (C=O) groups is 3. The lowest BCUT2D eigenvalue weighted by atomic mass is 9.91. The van der Waals surface area contributed by atoms with Crippen LogP contribution >= 0.6 is 0 Å². The van der Waals surface area contributed by atoms with Gasteiger partial charge in [-0.3, -0.25) is 14.4 Å². The standard InChI is InChI=1S/C32H29F2N3O5/c1-19-29(21-10-6-3-7-11-21)42-26-17-36-16-24(31(39)35-15-22-12-13-23(33)14-25(22)34)28(38)30(27(36)32(40)37(19)26)41-18-20-8-4-2-5-9-20/h2-14,16,19,26-27,29-30H,15,17-18H2,1H3,(H,35,39)/t19-,26?,27?,29-,30?/m1/s1. The Morgan fingerprint density at radius 3 is 2.45 bits per heavy atom. The SMILES string of the molecule is C[C@@H]1[C@H](c2ccccc2)OC2CN3C=C(C(=O)NCc4ccc(F)cc4F)C(=O)C(OCc4ccccc4)C3C(=O)N21. The van der Waals surface area contributed by atoms with Crippen LogP contribution in [0.1, 0.15) is 29.7 Å². The Kier molecular flexibility index (Phi) is 7.57. The molecule has 0 spiro atoms. The summed E-state index contributed by atoms with van der Waals surface area (Å²) in [6.07, 6.45) is -0.871. The summed E-state index contributed by atoms with van der Waals surface area (Å²) in [6, 6.07) is 20.6. The summed E-state index contributed by atoms with van der Waals surface area (Å²) in [5.74, 6) is -3.28. The predicted molar refractivity (Wildman–Crippen MR) is 147 cm³/mol. The fourth-order valence-electron chi connectivity index (χ4n) is 5.81. The van der Waals surface area contributed by atoms with E-state index in [0.29, 0.717) is 0 Å². The Morgan fingerprint density at radius 2 is 1.74 bits per heavy atom. The molecule has 3 heterocycles. The Bertz CT molecular complexity index is 1530. The molecule has 1 N–H and O–H groups in total. The van der Waals surface area contributed by atoms with Crippen molar-refractivity contribution in [1.29, 1.82) is 0 Å². The summed E-state index contributed by atoms with van der Waals surface area (Å²) >= 11 is 0. The third-order valence-corrected chi connectivity index (χ3v) is 7.93. The summed E-state index contributed by atoms with van der Waals surface area (Å²) in [5.41, 5.74) is 1.57. The average Bonchev–Trinajstić information content (AvgIpc) is 3.33. The minimum absolute atomic E-state index is 0.0483. The summed E-state index contributed by atoms with van der Waals surface area (Å²) in [4.78, 5) is 44.3. The van der Waals surface area contributed by atoms with Crippen LogP contribution in [-0.2, 0) is 37.0 Å². The molecular weight excluding hydrogens is 544 g/mol. The molecule has 3 aromatic carbocycles. The van der Waals surface area contributed by atoms with E-state index in [0.717, 1.165) is 23.3 Å². The van der Waals surface area contributed by atoms with Crippen LogP contribution in [0.3, 0.4) is 0 Å². The smallest absolute Gasteiger partial charge is 0.256 e. The Morgan fingerprint density at radius 1 is 1.02 bits per heavy atom. The van der Waals surface area contributed by atoms with E-state index in [1.807, 2.05) is 67.6 Å². The number of amides is 2. The van der Waals surface area contributed by atoms with E-state index in [2.05, 4.69) is 5.32 Å². The van der Waals surface area contributed by atoms with Crippen LogP contribution < -0.4 is 5.32 Å². The van der Waals surface area contributed by atoms with E-state index < -0.39 is 41.7 Å². The maximum absolute atomic E-state index is 14.2. The van der Waals surface area contributed by atoms with E-state index in [1.54, 1.807) is 9.80 Å². The summed E-state index contributed by atoms with van der Waals surface area (Å²) in [6.45, 7) is 1.92. The second-order valence-corrected chi connectivity index (χ2v) is 10.6. The number of hydrogen-bond donors (Lipinski definition) is 1. The van der Waals surface area contributed by atoms with Crippen molar-refractivity contribution < 1.29 is 32.6 Å². The van der Waals surface area contributed by atoms with E-state index in [4.69, 9.17) is 9.47 Å². The largest absolute Gasteiger partial charge is 0.363 e. The first-order valence-electron chi connectivity index (χ1n) is 13.7. The first-order valence-corrected chi connectivity index (χ1v) is 13.7.